The predicted octanol–water partition coefficient (Wildman–Crippen LogP) is 1.53. The topological polar surface area (TPSA) is 32.5 Å². The number of likely N-dealkylation sites (tertiary alicyclic amines) is 1. The van der Waals surface area contributed by atoms with Gasteiger partial charge in [0, 0.05) is 18.6 Å². The molecule has 0 unspecified atom stereocenters. The molecule has 2 N–H and O–H groups in total. The van der Waals surface area contributed by atoms with Gasteiger partial charge in [-0.15, -0.1) is 0 Å². The molecule has 17 heavy (non-hydrogen) atoms. The summed E-state index contributed by atoms with van der Waals surface area (Å²) in [4.78, 5) is 5.04. The second-order valence-corrected chi connectivity index (χ2v) is 6.26. The van der Waals surface area contributed by atoms with E-state index in [-0.39, 0.29) is 0 Å². The van der Waals surface area contributed by atoms with E-state index in [9.17, 15) is 0 Å². The van der Waals surface area contributed by atoms with Gasteiger partial charge in [0.1, 0.15) is 0 Å². The molecule has 0 bridgehead atoms. The van der Waals surface area contributed by atoms with E-state index in [0.717, 1.165) is 12.5 Å². The normalized spacial score (nSPS) is 26.8. The molecule has 0 amide bonds. The van der Waals surface area contributed by atoms with Crippen molar-refractivity contribution in [2.75, 3.05) is 40.3 Å². The van der Waals surface area contributed by atoms with Gasteiger partial charge in [0.2, 0.25) is 0 Å². The highest BCUT2D eigenvalue weighted by molar-refractivity contribution is 4.95. The van der Waals surface area contributed by atoms with Gasteiger partial charge < -0.3 is 10.6 Å². The van der Waals surface area contributed by atoms with E-state index in [4.69, 9.17) is 5.73 Å². The molecular formula is C14H29N3. The Labute approximate surface area is 106 Å². The Morgan fingerprint density at radius 3 is 2.35 bits per heavy atom. The van der Waals surface area contributed by atoms with E-state index < -0.39 is 0 Å². The maximum Gasteiger partial charge on any atom is 0.0328 e. The number of nitrogens with two attached hydrogens (primary N) is 1. The first-order valence-corrected chi connectivity index (χ1v) is 7.26. The second kappa shape index (κ2) is 5.68. The van der Waals surface area contributed by atoms with E-state index in [0.29, 0.717) is 5.54 Å². The molecule has 0 atom stereocenters. The van der Waals surface area contributed by atoms with E-state index in [1.54, 1.807) is 0 Å². The molecule has 2 aliphatic rings. The maximum atomic E-state index is 6.05. The molecule has 2 fully saturated rings. The summed E-state index contributed by atoms with van der Waals surface area (Å²) in [5.74, 6) is 0.889. The van der Waals surface area contributed by atoms with Gasteiger partial charge >= 0.3 is 0 Å². The van der Waals surface area contributed by atoms with Crippen LogP contribution in [0.25, 0.3) is 0 Å². The average molecular weight is 239 g/mol. The van der Waals surface area contributed by atoms with Gasteiger partial charge in [-0.05, 0) is 58.8 Å². The van der Waals surface area contributed by atoms with Crippen molar-refractivity contribution in [3.63, 3.8) is 0 Å². The van der Waals surface area contributed by atoms with E-state index in [1.165, 1.54) is 58.2 Å². The summed E-state index contributed by atoms with van der Waals surface area (Å²) < 4.78 is 0. The maximum absolute atomic E-state index is 6.05. The molecule has 0 radical (unpaired) electrons. The molecule has 3 heteroatoms. The Kier molecular flexibility index (Phi) is 4.45. The summed E-state index contributed by atoms with van der Waals surface area (Å²) in [7, 11) is 4.54. The Balaban J connectivity index is 1.85. The van der Waals surface area contributed by atoms with Gasteiger partial charge in [0.15, 0.2) is 0 Å². The predicted molar refractivity (Wildman–Crippen MR) is 73.1 cm³/mol. The third kappa shape index (κ3) is 3.01. The van der Waals surface area contributed by atoms with E-state index in [1.807, 2.05) is 0 Å². The molecule has 0 aromatic carbocycles. The molecule has 100 valence electrons. The molecule has 1 heterocycles. The second-order valence-electron chi connectivity index (χ2n) is 6.26. The van der Waals surface area contributed by atoms with Crippen LogP contribution in [0.5, 0.6) is 0 Å². The van der Waals surface area contributed by atoms with Crippen LogP contribution < -0.4 is 5.73 Å². The zero-order valence-corrected chi connectivity index (χ0v) is 11.6. The Morgan fingerprint density at radius 1 is 1.24 bits per heavy atom. The smallest absolute Gasteiger partial charge is 0.0328 e. The first-order chi connectivity index (χ1) is 8.16. The standard InChI is InChI=1S/C14H29N3/c1-16-9-5-13(6-10-16)11-17(2)14(12-15)7-3-4-8-14/h13H,3-12,15H2,1-2H3. The fraction of sp³-hybridized carbons (Fsp3) is 1.00. The summed E-state index contributed by atoms with van der Waals surface area (Å²) in [6.45, 7) is 4.64. The molecule has 1 aliphatic heterocycles. The number of hydrogen-bond donors (Lipinski definition) is 1. The van der Waals surface area contributed by atoms with Crippen molar-refractivity contribution in [3.05, 3.63) is 0 Å². The lowest BCUT2D eigenvalue weighted by Crippen LogP contribution is -2.52. The van der Waals surface area contributed by atoms with E-state index in [2.05, 4.69) is 23.9 Å². The van der Waals surface area contributed by atoms with Crippen molar-refractivity contribution in [1.29, 1.82) is 0 Å². The highest BCUT2D eigenvalue weighted by Crippen LogP contribution is 2.34. The highest BCUT2D eigenvalue weighted by atomic mass is 15.2. The molecule has 0 spiro atoms. The van der Waals surface area contributed by atoms with Crippen LogP contribution in [0, 0.1) is 5.92 Å². The van der Waals surface area contributed by atoms with Gasteiger partial charge in [-0.1, -0.05) is 12.8 Å². The summed E-state index contributed by atoms with van der Waals surface area (Å²) in [5, 5.41) is 0. The lowest BCUT2D eigenvalue weighted by molar-refractivity contribution is 0.0895. The van der Waals surface area contributed by atoms with Crippen molar-refractivity contribution in [2.24, 2.45) is 11.7 Å². The lowest BCUT2D eigenvalue weighted by Gasteiger charge is -2.41. The molecule has 1 aliphatic carbocycles. The quantitative estimate of drug-likeness (QED) is 0.807. The fourth-order valence-electron chi connectivity index (χ4n) is 3.60. The fourth-order valence-corrected chi connectivity index (χ4v) is 3.60. The lowest BCUT2D eigenvalue weighted by atomic mass is 9.91. The molecule has 1 saturated heterocycles. The van der Waals surface area contributed by atoms with E-state index >= 15 is 0 Å². The van der Waals surface area contributed by atoms with Gasteiger partial charge in [-0.25, -0.2) is 0 Å². The molecular weight excluding hydrogens is 210 g/mol. The Bertz CT molecular complexity index is 228. The molecule has 0 aromatic rings. The Morgan fingerprint density at radius 2 is 1.82 bits per heavy atom. The van der Waals surface area contributed by atoms with Crippen molar-refractivity contribution in [1.82, 2.24) is 9.80 Å². The van der Waals surface area contributed by atoms with Crippen LogP contribution in [0.3, 0.4) is 0 Å². The minimum Gasteiger partial charge on any atom is -0.329 e. The van der Waals surface area contributed by atoms with Crippen LogP contribution >= 0.6 is 0 Å². The zero-order chi connectivity index (χ0) is 12.3. The highest BCUT2D eigenvalue weighted by Gasteiger charge is 2.37. The summed E-state index contributed by atoms with van der Waals surface area (Å²) in [5.41, 5.74) is 6.38. The first-order valence-electron chi connectivity index (χ1n) is 7.26. The van der Waals surface area contributed by atoms with Gasteiger partial charge in [0.05, 0.1) is 0 Å². The SMILES string of the molecule is CN1CCC(CN(C)C2(CN)CCCC2)CC1. The number of piperidine rings is 1. The third-order valence-corrected chi connectivity index (χ3v) is 5.09. The number of hydrogen-bond acceptors (Lipinski definition) is 3. The largest absolute Gasteiger partial charge is 0.329 e. The summed E-state index contributed by atoms with van der Waals surface area (Å²) >= 11 is 0. The van der Waals surface area contributed by atoms with Crippen LogP contribution in [0.15, 0.2) is 0 Å². The van der Waals surface area contributed by atoms with Crippen molar-refractivity contribution < 1.29 is 0 Å². The first kappa shape index (κ1) is 13.3. The van der Waals surface area contributed by atoms with Gasteiger partial charge in [0.25, 0.3) is 0 Å². The van der Waals surface area contributed by atoms with Crippen molar-refractivity contribution in [2.45, 2.75) is 44.1 Å². The number of nitrogens with zero attached hydrogens (tertiary/aromatic N) is 2. The van der Waals surface area contributed by atoms with Crippen LogP contribution in [0.2, 0.25) is 0 Å². The summed E-state index contributed by atoms with van der Waals surface area (Å²) in [6.07, 6.45) is 8.09. The molecule has 3 nitrogen and oxygen atoms in total. The summed E-state index contributed by atoms with van der Waals surface area (Å²) in [6, 6.07) is 0. The molecule has 1 saturated carbocycles. The van der Waals surface area contributed by atoms with Gasteiger partial charge in [-0.2, -0.15) is 0 Å². The van der Waals surface area contributed by atoms with Crippen molar-refractivity contribution in [3.8, 4) is 0 Å². The van der Waals surface area contributed by atoms with Crippen LogP contribution in [0.1, 0.15) is 38.5 Å². The Hall–Kier alpha value is -0.120. The monoisotopic (exact) mass is 239 g/mol. The zero-order valence-electron chi connectivity index (χ0n) is 11.6. The van der Waals surface area contributed by atoms with Crippen LogP contribution in [-0.2, 0) is 0 Å². The van der Waals surface area contributed by atoms with Gasteiger partial charge in [-0.3, -0.25) is 4.90 Å². The molecule has 2 rings (SSSR count). The van der Waals surface area contributed by atoms with Crippen LogP contribution in [-0.4, -0.2) is 55.6 Å². The minimum absolute atomic E-state index is 0.337. The minimum atomic E-state index is 0.337. The molecule has 0 aromatic heterocycles. The third-order valence-electron chi connectivity index (χ3n) is 5.09. The van der Waals surface area contributed by atoms with Crippen LogP contribution in [0.4, 0.5) is 0 Å². The number of likely N-dealkylation sites (N-methyl/N-ethyl adjacent to an activating group) is 1. The van der Waals surface area contributed by atoms with Crippen molar-refractivity contribution >= 4 is 0 Å². The average Bonchev–Trinajstić information content (AvgIpc) is 2.82. The number of rotatable bonds is 4.